The van der Waals surface area contributed by atoms with E-state index in [-0.39, 0.29) is 5.91 Å². The van der Waals surface area contributed by atoms with Crippen LogP contribution in [-0.2, 0) is 0 Å². The third kappa shape index (κ3) is 3.58. The molecule has 0 saturated carbocycles. The predicted octanol–water partition coefficient (Wildman–Crippen LogP) is 3.01. The van der Waals surface area contributed by atoms with Crippen LogP contribution < -0.4 is 10.2 Å². The van der Waals surface area contributed by atoms with Crippen molar-refractivity contribution in [3.63, 3.8) is 0 Å². The first-order valence-corrected chi connectivity index (χ1v) is 9.34. The van der Waals surface area contributed by atoms with Crippen LogP contribution in [0.3, 0.4) is 0 Å². The van der Waals surface area contributed by atoms with Gasteiger partial charge in [0.25, 0.3) is 5.91 Å². The van der Waals surface area contributed by atoms with E-state index in [1.54, 1.807) is 12.1 Å². The van der Waals surface area contributed by atoms with Crippen molar-refractivity contribution >= 4 is 28.6 Å². The molecule has 1 aromatic carbocycles. The van der Waals surface area contributed by atoms with Crippen molar-refractivity contribution < 1.29 is 9.21 Å². The van der Waals surface area contributed by atoms with Gasteiger partial charge < -0.3 is 19.5 Å². The molecule has 1 amide bonds. The number of anilines is 2. The van der Waals surface area contributed by atoms with E-state index in [1.807, 2.05) is 29.2 Å². The lowest BCUT2D eigenvalue weighted by molar-refractivity contribution is 0.0714. The summed E-state index contributed by atoms with van der Waals surface area (Å²) in [7, 11) is 0. The van der Waals surface area contributed by atoms with E-state index in [4.69, 9.17) is 14.4 Å². The first-order valence-electron chi connectivity index (χ1n) is 9.34. The molecule has 0 bridgehead atoms. The van der Waals surface area contributed by atoms with E-state index in [2.05, 4.69) is 17.1 Å². The maximum absolute atomic E-state index is 12.4. The number of piperazine rings is 1. The normalized spacial score (nSPS) is 14.6. The van der Waals surface area contributed by atoms with Crippen LogP contribution in [0.25, 0.3) is 10.9 Å². The van der Waals surface area contributed by atoms with Crippen LogP contribution in [-0.4, -0.2) is 53.5 Å². The van der Waals surface area contributed by atoms with Crippen LogP contribution in [0.5, 0.6) is 0 Å². The summed E-state index contributed by atoms with van der Waals surface area (Å²) in [5.41, 5.74) is 0.926. The fourth-order valence-electron chi connectivity index (χ4n) is 3.25. The van der Waals surface area contributed by atoms with Gasteiger partial charge in [-0.1, -0.05) is 19.1 Å². The molecule has 0 aliphatic carbocycles. The second-order valence-corrected chi connectivity index (χ2v) is 6.57. The molecule has 140 valence electrons. The van der Waals surface area contributed by atoms with Gasteiger partial charge in [-0.3, -0.25) is 4.79 Å². The Morgan fingerprint density at radius 1 is 1.11 bits per heavy atom. The van der Waals surface area contributed by atoms with Gasteiger partial charge in [-0.2, -0.15) is 4.98 Å². The zero-order valence-electron chi connectivity index (χ0n) is 15.4. The van der Waals surface area contributed by atoms with Gasteiger partial charge >= 0.3 is 0 Å². The van der Waals surface area contributed by atoms with Crippen LogP contribution in [0.15, 0.2) is 47.1 Å². The number of furan rings is 1. The van der Waals surface area contributed by atoms with Gasteiger partial charge in [0.15, 0.2) is 5.76 Å². The molecule has 3 heterocycles. The second-order valence-electron chi connectivity index (χ2n) is 6.57. The third-order valence-corrected chi connectivity index (χ3v) is 4.72. The topological polar surface area (TPSA) is 74.5 Å². The number of carbonyl (C=O) groups excluding carboxylic acids is 1. The molecule has 1 aliphatic heterocycles. The van der Waals surface area contributed by atoms with E-state index in [0.29, 0.717) is 37.9 Å². The summed E-state index contributed by atoms with van der Waals surface area (Å²) < 4.78 is 5.22. The van der Waals surface area contributed by atoms with E-state index in [9.17, 15) is 4.79 Å². The van der Waals surface area contributed by atoms with Crippen LogP contribution >= 0.6 is 0 Å². The number of rotatable bonds is 5. The molecule has 0 radical (unpaired) electrons. The molecular weight excluding hydrogens is 342 g/mol. The Morgan fingerprint density at radius 2 is 1.93 bits per heavy atom. The van der Waals surface area contributed by atoms with Gasteiger partial charge in [-0.25, -0.2) is 4.98 Å². The van der Waals surface area contributed by atoms with Crippen LogP contribution in [0.4, 0.5) is 11.8 Å². The number of carbonyl (C=O) groups is 1. The summed E-state index contributed by atoms with van der Waals surface area (Å²) in [5.74, 6) is 1.89. The molecule has 2 aromatic heterocycles. The monoisotopic (exact) mass is 365 g/mol. The van der Waals surface area contributed by atoms with Gasteiger partial charge in [0.1, 0.15) is 5.82 Å². The lowest BCUT2D eigenvalue weighted by Crippen LogP contribution is -2.49. The number of nitrogens with one attached hydrogen (secondary N) is 1. The quantitative estimate of drug-likeness (QED) is 0.749. The number of fused-ring (bicyclic) bond motifs is 1. The highest BCUT2D eigenvalue weighted by Crippen LogP contribution is 2.24. The number of hydrogen-bond acceptors (Lipinski definition) is 6. The van der Waals surface area contributed by atoms with Gasteiger partial charge in [0.2, 0.25) is 5.95 Å². The molecule has 0 unspecified atom stereocenters. The lowest BCUT2D eigenvalue weighted by Gasteiger charge is -2.34. The van der Waals surface area contributed by atoms with Crippen molar-refractivity contribution in [3.8, 4) is 0 Å². The van der Waals surface area contributed by atoms with Crippen molar-refractivity contribution in [1.82, 2.24) is 14.9 Å². The third-order valence-electron chi connectivity index (χ3n) is 4.72. The van der Waals surface area contributed by atoms with E-state index < -0.39 is 0 Å². The van der Waals surface area contributed by atoms with Crippen molar-refractivity contribution in [2.24, 2.45) is 0 Å². The predicted molar refractivity (Wildman–Crippen MR) is 105 cm³/mol. The fourth-order valence-corrected chi connectivity index (χ4v) is 3.25. The van der Waals surface area contributed by atoms with E-state index >= 15 is 0 Å². The largest absolute Gasteiger partial charge is 0.459 e. The number of aromatic nitrogens is 2. The SMILES string of the molecule is CCCNc1nc(N2CCN(C(=O)c3ccco3)CC2)nc2ccccc12. The Morgan fingerprint density at radius 3 is 2.67 bits per heavy atom. The molecule has 1 fully saturated rings. The average Bonchev–Trinajstić information content (AvgIpc) is 3.26. The maximum Gasteiger partial charge on any atom is 0.289 e. The molecule has 3 aromatic rings. The molecule has 4 rings (SSSR count). The molecule has 7 heteroatoms. The molecule has 27 heavy (non-hydrogen) atoms. The Labute approximate surface area is 158 Å². The zero-order valence-corrected chi connectivity index (χ0v) is 15.4. The minimum Gasteiger partial charge on any atom is -0.459 e. The summed E-state index contributed by atoms with van der Waals surface area (Å²) in [6, 6.07) is 11.5. The first-order chi connectivity index (χ1) is 13.3. The average molecular weight is 365 g/mol. The molecule has 1 saturated heterocycles. The Balaban J connectivity index is 1.52. The number of nitrogens with zero attached hydrogens (tertiary/aromatic N) is 4. The number of benzene rings is 1. The van der Waals surface area contributed by atoms with Crippen LogP contribution in [0.1, 0.15) is 23.9 Å². The number of para-hydroxylation sites is 1. The van der Waals surface area contributed by atoms with Gasteiger partial charge in [0.05, 0.1) is 11.8 Å². The summed E-state index contributed by atoms with van der Waals surface area (Å²) in [6.07, 6.45) is 2.55. The Bertz CT molecular complexity index is 917. The molecular formula is C20H23N5O2. The molecule has 1 N–H and O–H groups in total. The van der Waals surface area contributed by atoms with Crippen molar-refractivity contribution in [2.45, 2.75) is 13.3 Å². The minimum atomic E-state index is -0.0654. The zero-order chi connectivity index (χ0) is 18.6. The highest BCUT2D eigenvalue weighted by molar-refractivity contribution is 5.92. The second kappa shape index (κ2) is 7.65. The maximum atomic E-state index is 12.4. The first kappa shape index (κ1) is 17.3. The lowest BCUT2D eigenvalue weighted by atomic mass is 10.2. The van der Waals surface area contributed by atoms with Gasteiger partial charge in [-0.15, -0.1) is 0 Å². The summed E-state index contributed by atoms with van der Waals surface area (Å²) in [5, 5.41) is 4.44. The van der Waals surface area contributed by atoms with Crippen molar-refractivity contribution in [1.29, 1.82) is 0 Å². The summed E-state index contributed by atoms with van der Waals surface area (Å²) in [4.78, 5) is 25.9. The molecule has 7 nitrogen and oxygen atoms in total. The molecule has 0 spiro atoms. The summed E-state index contributed by atoms with van der Waals surface area (Å²) >= 11 is 0. The standard InChI is InChI=1S/C20H23N5O2/c1-2-9-21-18-15-6-3-4-7-16(15)22-20(23-18)25-12-10-24(11-13-25)19(26)17-8-5-14-27-17/h3-8,14H,2,9-13H2,1H3,(H,21,22,23). The highest BCUT2D eigenvalue weighted by atomic mass is 16.3. The smallest absolute Gasteiger partial charge is 0.289 e. The van der Waals surface area contributed by atoms with Crippen LogP contribution in [0, 0.1) is 0 Å². The van der Waals surface area contributed by atoms with Gasteiger partial charge in [-0.05, 0) is 30.7 Å². The van der Waals surface area contributed by atoms with Crippen LogP contribution in [0.2, 0.25) is 0 Å². The van der Waals surface area contributed by atoms with E-state index in [1.165, 1.54) is 6.26 Å². The number of hydrogen-bond donors (Lipinski definition) is 1. The Hall–Kier alpha value is -3.09. The highest BCUT2D eigenvalue weighted by Gasteiger charge is 2.25. The Kier molecular flexibility index (Phi) is 4.91. The fraction of sp³-hybridized carbons (Fsp3) is 0.350. The van der Waals surface area contributed by atoms with E-state index in [0.717, 1.165) is 29.7 Å². The minimum absolute atomic E-state index is 0.0654. The van der Waals surface area contributed by atoms with Crippen molar-refractivity contribution in [2.75, 3.05) is 42.9 Å². The molecule has 1 aliphatic rings. The number of amides is 1. The van der Waals surface area contributed by atoms with Crippen molar-refractivity contribution in [3.05, 3.63) is 48.4 Å². The van der Waals surface area contributed by atoms with Gasteiger partial charge in [0, 0.05) is 38.1 Å². The summed E-state index contributed by atoms with van der Waals surface area (Å²) in [6.45, 7) is 5.62. The molecule has 0 atom stereocenters.